The predicted octanol–water partition coefficient (Wildman–Crippen LogP) is 2.70. The molecule has 1 N–H and O–H groups in total. The molecule has 0 spiro atoms. The lowest BCUT2D eigenvalue weighted by Gasteiger charge is -2.26. The van der Waals surface area contributed by atoms with Crippen molar-refractivity contribution in [2.45, 2.75) is 51.7 Å². The van der Waals surface area contributed by atoms with Crippen molar-refractivity contribution in [2.75, 3.05) is 6.54 Å². The van der Waals surface area contributed by atoms with Crippen LogP contribution in [-0.4, -0.2) is 28.9 Å². The van der Waals surface area contributed by atoms with Crippen molar-refractivity contribution >= 4 is 5.91 Å². The van der Waals surface area contributed by atoms with Crippen LogP contribution in [0.25, 0.3) is 0 Å². The molecule has 1 aromatic rings. The molecule has 1 aliphatic rings. The van der Waals surface area contributed by atoms with Gasteiger partial charge in [0.15, 0.2) is 0 Å². The number of rotatable bonds is 5. The Labute approximate surface area is 120 Å². The molecular formula is C16H23FN2O. The van der Waals surface area contributed by atoms with Gasteiger partial charge in [0.05, 0.1) is 6.54 Å². The standard InChI is InChI=1S/C16H23FN2O/c1-16(2,3)18-10-15(20)19(14-8-9-14)11-12-4-6-13(17)7-5-12/h4-7,14,18H,8-11H2,1-3H3. The van der Waals surface area contributed by atoms with Crippen LogP contribution < -0.4 is 5.32 Å². The van der Waals surface area contributed by atoms with E-state index in [9.17, 15) is 9.18 Å². The van der Waals surface area contributed by atoms with Gasteiger partial charge in [-0.05, 0) is 51.3 Å². The largest absolute Gasteiger partial charge is 0.334 e. The molecule has 0 atom stereocenters. The van der Waals surface area contributed by atoms with Crippen molar-refractivity contribution < 1.29 is 9.18 Å². The van der Waals surface area contributed by atoms with E-state index in [2.05, 4.69) is 5.32 Å². The van der Waals surface area contributed by atoms with E-state index < -0.39 is 0 Å². The summed E-state index contributed by atoms with van der Waals surface area (Å²) in [6, 6.07) is 6.73. The van der Waals surface area contributed by atoms with Gasteiger partial charge < -0.3 is 10.2 Å². The zero-order valence-electron chi connectivity index (χ0n) is 12.4. The first kappa shape index (κ1) is 15.0. The predicted molar refractivity (Wildman–Crippen MR) is 77.7 cm³/mol. The normalized spacial score (nSPS) is 15.2. The molecule has 0 radical (unpaired) electrons. The molecule has 1 saturated carbocycles. The van der Waals surface area contributed by atoms with Gasteiger partial charge in [0.25, 0.3) is 0 Å². The third kappa shape index (κ3) is 4.60. The highest BCUT2D eigenvalue weighted by molar-refractivity contribution is 5.79. The summed E-state index contributed by atoms with van der Waals surface area (Å²) in [6.07, 6.45) is 2.14. The van der Waals surface area contributed by atoms with Gasteiger partial charge >= 0.3 is 0 Å². The van der Waals surface area contributed by atoms with Gasteiger partial charge in [-0.3, -0.25) is 4.79 Å². The number of halogens is 1. The monoisotopic (exact) mass is 278 g/mol. The molecule has 4 heteroatoms. The van der Waals surface area contributed by atoms with Gasteiger partial charge in [0, 0.05) is 18.1 Å². The number of carbonyl (C=O) groups is 1. The molecule has 110 valence electrons. The van der Waals surface area contributed by atoms with Gasteiger partial charge in [0.2, 0.25) is 5.91 Å². The van der Waals surface area contributed by atoms with E-state index in [-0.39, 0.29) is 17.3 Å². The summed E-state index contributed by atoms with van der Waals surface area (Å²) in [5.41, 5.74) is 0.906. The van der Waals surface area contributed by atoms with Crippen LogP contribution >= 0.6 is 0 Å². The van der Waals surface area contributed by atoms with Gasteiger partial charge in [-0.2, -0.15) is 0 Å². The molecular weight excluding hydrogens is 255 g/mol. The number of hydrogen-bond donors (Lipinski definition) is 1. The van der Waals surface area contributed by atoms with Crippen molar-refractivity contribution in [3.8, 4) is 0 Å². The Morgan fingerprint density at radius 1 is 1.30 bits per heavy atom. The molecule has 0 saturated heterocycles. The quantitative estimate of drug-likeness (QED) is 0.898. The van der Waals surface area contributed by atoms with Crippen LogP contribution in [0.1, 0.15) is 39.2 Å². The molecule has 1 amide bonds. The van der Waals surface area contributed by atoms with Crippen molar-refractivity contribution in [3.63, 3.8) is 0 Å². The zero-order valence-corrected chi connectivity index (χ0v) is 12.4. The maximum absolute atomic E-state index is 12.9. The number of amides is 1. The maximum atomic E-state index is 12.9. The van der Waals surface area contributed by atoms with E-state index in [0.29, 0.717) is 19.1 Å². The summed E-state index contributed by atoms with van der Waals surface area (Å²) in [7, 11) is 0. The molecule has 3 nitrogen and oxygen atoms in total. The number of nitrogens with zero attached hydrogens (tertiary/aromatic N) is 1. The van der Waals surface area contributed by atoms with Crippen LogP contribution in [0.4, 0.5) is 4.39 Å². The van der Waals surface area contributed by atoms with Gasteiger partial charge in [-0.25, -0.2) is 4.39 Å². The second kappa shape index (κ2) is 5.92. The fourth-order valence-electron chi connectivity index (χ4n) is 2.04. The Hall–Kier alpha value is -1.42. The Kier molecular flexibility index (Phi) is 4.43. The van der Waals surface area contributed by atoms with E-state index in [4.69, 9.17) is 0 Å². The molecule has 2 rings (SSSR count). The molecule has 1 aliphatic carbocycles. The second-order valence-electron chi connectivity index (χ2n) is 6.48. The summed E-state index contributed by atoms with van der Waals surface area (Å²) in [4.78, 5) is 14.2. The Balaban J connectivity index is 1.96. The first-order chi connectivity index (χ1) is 9.35. The molecule has 1 aromatic carbocycles. The van der Waals surface area contributed by atoms with Gasteiger partial charge in [0.1, 0.15) is 5.82 Å². The fraction of sp³-hybridized carbons (Fsp3) is 0.562. The van der Waals surface area contributed by atoms with Crippen LogP contribution in [0.5, 0.6) is 0 Å². The summed E-state index contributed by atoms with van der Waals surface area (Å²) >= 11 is 0. The maximum Gasteiger partial charge on any atom is 0.237 e. The molecule has 0 heterocycles. The first-order valence-corrected chi connectivity index (χ1v) is 7.14. The molecule has 20 heavy (non-hydrogen) atoms. The highest BCUT2D eigenvalue weighted by Crippen LogP contribution is 2.28. The first-order valence-electron chi connectivity index (χ1n) is 7.14. The molecule has 0 bridgehead atoms. The SMILES string of the molecule is CC(C)(C)NCC(=O)N(Cc1ccc(F)cc1)C1CC1. The molecule has 0 aliphatic heterocycles. The van der Waals surface area contributed by atoms with Crippen LogP contribution in [0.2, 0.25) is 0 Å². The van der Waals surface area contributed by atoms with Crippen LogP contribution in [0, 0.1) is 5.82 Å². The number of benzene rings is 1. The third-order valence-corrected chi connectivity index (χ3v) is 3.34. The van der Waals surface area contributed by atoms with Crippen molar-refractivity contribution in [1.29, 1.82) is 0 Å². The van der Waals surface area contributed by atoms with Gasteiger partial charge in [-0.15, -0.1) is 0 Å². The minimum Gasteiger partial charge on any atom is -0.334 e. The van der Waals surface area contributed by atoms with Crippen molar-refractivity contribution in [3.05, 3.63) is 35.6 Å². The average Bonchev–Trinajstić information content (AvgIpc) is 3.18. The second-order valence-corrected chi connectivity index (χ2v) is 6.48. The highest BCUT2D eigenvalue weighted by atomic mass is 19.1. The fourth-order valence-corrected chi connectivity index (χ4v) is 2.04. The van der Waals surface area contributed by atoms with Crippen LogP contribution in [0.3, 0.4) is 0 Å². The summed E-state index contributed by atoms with van der Waals surface area (Å²) in [5, 5.41) is 3.23. The minimum atomic E-state index is -0.243. The van der Waals surface area contributed by atoms with E-state index in [1.165, 1.54) is 12.1 Å². The molecule has 0 aromatic heterocycles. The zero-order chi connectivity index (χ0) is 14.8. The molecule has 1 fully saturated rings. The van der Waals surface area contributed by atoms with E-state index in [0.717, 1.165) is 18.4 Å². The van der Waals surface area contributed by atoms with Crippen LogP contribution in [-0.2, 0) is 11.3 Å². The Bertz CT molecular complexity index is 460. The lowest BCUT2D eigenvalue weighted by molar-refractivity contribution is -0.131. The topological polar surface area (TPSA) is 32.3 Å². The van der Waals surface area contributed by atoms with E-state index in [1.54, 1.807) is 12.1 Å². The lowest BCUT2D eigenvalue weighted by Crippen LogP contribution is -2.45. The number of hydrogen-bond acceptors (Lipinski definition) is 2. The molecule has 0 unspecified atom stereocenters. The Morgan fingerprint density at radius 2 is 1.90 bits per heavy atom. The number of carbonyl (C=O) groups excluding carboxylic acids is 1. The van der Waals surface area contributed by atoms with Crippen LogP contribution in [0.15, 0.2) is 24.3 Å². The summed E-state index contributed by atoms with van der Waals surface area (Å²) in [6.45, 7) is 7.04. The van der Waals surface area contributed by atoms with Gasteiger partial charge in [-0.1, -0.05) is 12.1 Å². The van der Waals surface area contributed by atoms with Crippen molar-refractivity contribution in [1.82, 2.24) is 10.2 Å². The lowest BCUT2D eigenvalue weighted by atomic mass is 10.1. The summed E-state index contributed by atoms with van der Waals surface area (Å²) < 4.78 is 12.9. The van der Waals surface area contributed by atoms with E-state index >= 15 is 0 Å². The average molecular weight is 278 g/mol. The number of nitrogens with one attached hydrogen (secondary N) is 1. The van der Waals surface area contributed by atoms with Crippen molar-refractivity contribution in [2.24, 2.45) is 0 Å². The Morgan fingerprint density at radius 3 is 2.40 bits per heavy atom. The van der Waals surface area contributed by atoms with E-state index in [1.807, 2.05) is 25.7 Å². The smallest absolute Gasteiger partial charge is 0.237 e. The summed E-state index contributed by atoms with van der Waals surface area (Å²) in [5.74, 6) is -0.126. The highest BCUT2D eigenvalue weighted by Gasteiger charge is 2.32. The third-order valence-electron chi connectivity index (χ3n) is 3.34. The minimum absolute atomic E-state index is 0.0687.